The van der Waals surface area contributed by atoms with Crippen LogP contribution < -0.4 is 10.9 Å². The summed E-state index contributed by atoms with van der Waals surface area (Å²) in [6.07, 6.45) is 2.28. The van der Waals surface area contributed by atoms with Gasteiger partial charge in [0.05, 0.1) is 11.0 Å². The Kier molecular flexibility index (Phi) is 6.09. The van der Waals surface area contributed by atoms with Gasteiger partial charge in [0.1, 0.15) is 5.69 Å². The van der Waals surface area contributed by atoms with Gasteiger partial charge in [-0.2, -0.15) is 0 Å². The van der Waals surface area contributed by atoms with Gasteiger partial charge >= 0.3 is 0 Å². The number of nitrogens with one attached hydrogen (secondary N) is 1. The number of rotatable bonds is 5. The number of amides is 1. The van der Waals surface area contributed by atoms with Crippen molar-refractivity contribution in [3.8, 4) is 0 Å². The second-order valence-electron chi connectivity index (χ2n) is 6.95. The Hall–Kier alpha value is -2.74. The van der Waals surface area contributed by atoms with Gasteiger partial charge in [-0.15, -0.1) is 11.3 Å². The predicted molar refractivity (Wildman–Crippen MR) is 126 cm³/mol. The summed E-state index contributed by atoms with van der Waals surface area (Å²) in [5.74, 6) is -0.294. The molecule has 31 heavy (non-hydrogen) atoms. The summed E-state index contributed by atoms with van der Waals surface area (Å²) in [7, 11) is 0. The van der Waals surface area contributed by atoms with Crippen molar-refractivity contribution in [3.05, 3.63) is 84.7 Å². The van der Waals surface area contributed by atoms with E-state index in [1.165, 1.54) is 11.3 Å². The van der Waals surface area contributed by atoms with Gasteiger partial charge in [0, 0.05) is 39.6 Å². The fourth-order valence-corrected chi connectivity index (χ4v) is 4.52. The first-order valence-corrected chi connectivity index (χ1v) is 11.1. The molecule has 4 aromatic rings. The number of carbonyl (C=O) groups is 1. The maximum absolute atomic E-state index is 12.8. The molecule has 0 saturated carbocycles. The summed E-state index contributed by atoms with van der Waals surface area (Å²) >= 11 is 13.7. The van der Waals surface area contributed by atoms with E-state index < -0.39 is 0 Å². The van der Waals surface area contributed by atoms with E-state index in [2.05, 4.69) is 15.3 Å². The van der Waals surface area contributed by atoms with Crippen LogP contribution in [0.2, 0.25) is 10.0 Å². The van der Waals surface area contributed by atoms with Gasteiger partial charge in [0.2, 0.25) is 0 Å². The smallest absolute Gasteiger partial charge is 0.272 e. The van der Waals surface area contributed by atoms with Crippen LogP contribution in [0.1, 0.15) is 33.4 Å². The highest BCUT2D eigenvalue weighted by molar-refractivity contribution is 7.15. The molecule has 0 radical (unpaired) electrons. The lowest BCUT2D eigenvalue weighted by molar-refractivity contribution is 0.102. The van der Waals surface area contributed by atoms with Crippen LogP contribution in [0.3, 0.4) is 0 Å². The molecule has 0 aliphatic carbocycles. The first-order valence-electron chi connectivity index (χ1n) is 9.57. The van der Waals surface area contributed by atoms with Crippen molar-refractivity contribution in [2.24, 2.45) is 0 Å². The Balaban J connectivity index is 1.55. The van der Waals surface area contributed by atoms with Gasteiger partial charge in [0.25, 0.3) is 11.5 Å². The van der Waals surface area contributed by atoms with E-state index in [0.29, 0.717) is 50.4 Å². The molecular formula is C22H18Cl2N4O2S. The van der Waals surface area contributed by atoms with Crippen LogP contribution in [0.15, 0.2) is 47.4 Å². The van der Waals surface area contributed by atoms with Gasteiger partial charge in [-0.3, -0.25) is 14.9 Å². The van der Waals surface area contributed by atoms with Gasteiger partial charge in [-0.1, -0.05) is 23.2 Å². The van der Waals surface area contributed by atoms with E-state index in [-0.39, 0.29) is 11.5 Å². The molecule has 0 atom stereocenters. The second kappa shape index (κ2) is 8.78. The van der Waals surface area contributed by atoms with Crippen LogP contribution in [0.4, 0.5) is 5.13 Å². The Morgan fingerprint density at radius 2 is 2.00 bits per heavy atom. The van der Waals surface area contributed by atoms with Crippen molar-refractivity contribution in [2.75, 3.05) is 5.32 Å². The topological polar surface area (TPSA) is 76.9 Å². The average Bonchev–Trinajstić information content (AvgIpc) is 3.18. The lowest BCUT2D eigenvalue weighted by Gasteiger charge is -2.10. The third-order valence-corrected chi connectivity index (χ3v) is 6.35. The summed E-state index contributed by atoms with van der Waals surface area (Å²) in [5, 5.41) is 4.56. The summed E-state index contributed by atoms with van der Waals surface area (Å²) in [6.45, 7) is 4.10. The number of hydrogen-bond acceptors (Lipinski definition) is 5. The fourth-order valence-electron chi connectivity index (χ4n) is 3.31. The van der Waals surface area contributed by atoms with E-state index in [0.717, 1.165) is 10.4 Å². The average molecular weight is 473 g/mol. The first kappa shape index (κ1) is 21.5. The molecule has 6 nitrogen and oxygen atoms in total. The highest BCUT2D eigenvalue weighted by Gasteiger charge is 2.13. The normalized spacial score (nSPS) is 11.1. The number of thiazole rings is 1. The molecule has 9 heteroatoms. The third kappa shape index (κ3) is 4.49. The van der Waals surface area contributed by atoms with E-state index in [1.807, 2.05) is 13.0 Å². The zero-order valence-corrected chi connectivity index (χ0v) is 19.1. The molecule has 1 N–H and O–H groups in total. The fraction of sp³-hybridized carbons (Fsp3) is 0.182. The SMILES string of the molecule is CCn1c(=O)c(C)nc2cc(C(=O)Nc3ncc(Cc4cc(Cl)ccc4Cl)s3)ccc21. The standard InChI is InChI=1S/C22H18Cl2N4O2S/c1-3-28-19-7-4-13(10-18(19)26-12(2)21(28)30)20(29)27-22-25-11-16(31-22)9-14-8-15(23)5-6-17(14)24/h4-8,10-11H,3,9H2,1-2H3,(H,25,27,29). The highest BCUT2D eigenvalue weighted by atomic mass is 35.5. The van der Waals surface area contributed by atoms with Crippen LogP contribution in [-0.2, 0) is 13.0 Å². The van der Waals surface area contributed by atoms with Crippen LogP contribution >= 0.6 is 34.5 Å². The molecule has 0 saturated heterocycles. The van der Waals surface area contributed by atoms with Crippen molar-refractivity contribution in [2.45, 2.75) is 26.8 Å². The zero-order valence-electron chi connectivity index (χ0n) is 16.8. The molecule has 0 unspecified atom stereocenters. The summed E-state index contributed by atoms with van der Waals surface area (Å²) in [4.78, 5) is 34.6. The minimum absolute atomic E-state index is 0.123. The van der Waals surface area contributed by atoms with Crippen molar-refractivity contribution in [1.82, 2.24) is 14.5 Å². The number of aryl methyl sites for hydroxylation is 2. The number of hydrogen-bond donors (Lipinski definition) is 1. The number of aromatic nitrogens is 3. The minimum Gasteiger partial charge on any atom is -0.305 e. The minimum atomic E-state index is -0.294. The maximum atomic E-state index is 12.8. The molecule has 4 rings (SSSR count). The van der Waals surface area contributed by atoms with Crippen molar-refractivity contribution in [1.29, 1.82) is 0 Å². The Morgan fingerprint density at radius 1 is 1.19 bits per heavy atom. The van der Waals surface area contributed by atoms with Crippen molar-refractivity contribution in [3.63, 3.8) is 0 Å². The van der Waals surface area contributed by atoms with Gasteiger partial charge < -0.3 is 4.57 Å². The van der Waals surface area contributed by atoms with Crippen molar-refractivity contribution < 1.29 is 4.79 Å². The molecule has 2 aromatic carbocycles. The number of benzene rings is 2. The van der Waals surface area contributed by atoms with Crippen LogP contribution in [-0.4, -0.2) is 20.4 Å². The highest BCUT2D eigenvalue weighted by Crippen LogP contribution is 2.27. The lowest BCUT2D eigenvalue weighted by Crippen LogP contribution is -2.23. The lowest BCUT2D eigenvalue weighted by atomic mass is 10.1. The van der Waals surface area contributed by atoms with Gasteiger partial charge in [-0.25, -0.2) is 9.97 Å². The van der Waals surface area contributed by atoms with E-state index in [9.17, 15) is 9.59 Å². The quantitative estimate of drug-likeness (QED) is 0.425. The maximum Gasteiger partial charge on any atom is 0.272 e. The Morgan fingerprint density at radius 3 is 2.77 bits per heavy atom. The molecule has 0 fully saturated rings. The van der Waals surface area contributed by atoms with E-state index >= 15 is 0 Å². The van der Waals surface area contributed by atoms with Gasteiger partial charge in [0.15, 0.2) is 5.13 Å². The molecule has 158 valence electrons. The van der Waals surface area contributed by atoms with E-state index in [1.54, 1.807) is 48.0 Å². The van der Waals surface area contributed by atoms with E-state index in [4.69, 9.17) is 23.2 Å². The number of fused-ring (bicyclic) bond motifs is 1. The monoisotopic (exact) mass is 472 g/mol. The molecule has 0 aliphatic rings. The second-order valence-corrected chi connectivity index (χ2v) is 8.91. The van der Waals surface area contributed by atoms with Crippen LogP contribution in [0.5, 0.6) is 0 Å². The predicted octanol–water partition coefficient (Wildman–Crippen LogP) is 5.33. The zero-order chi connectivity index (χ0) is 22.1. The summed E-state index contributed by atoms with van der Waals surface area (Å²) in [5.41, 5.74) is 2.91. The molecule has 0 bridgehead atoms. The number of halogens is 2. The first-order chi connectivity index (χ1) is 14.9. The molecular weight excluding hydrogens is 455 g/mol. The molecule has 0 spiro atoms. The molecule has 1 amide bonds. The van der Waals surface area contributed by atoms with Gasteiger partial charge in [-0.05, 0) is 55.8 Å². The molecule has 2 aromatic heterocycles. The Bertz CT molecular complexity index is 1360. The summed E-state index contributed by atoms with van der Waals surface area (Å²) < 4.78 is 1.65. The number of carbonyl (C=O) groups excluding carboxylic acids is 1. The van der Waals surface area contributed by atoms with Crippen LogP contribution in [0, 0.1) is 6.92 Å². The molecule has 2 heterocycles. The summed E-state index contributed by atoms with van der Waals surface area (Å²) in [6, 6.07) is 10.4. The van der Waals surface area contributed by atoms with Crippen LogP contribution in [0.25, 0.3) is 11.0 Å². The van der Waals surface area contributed by atoms with Crippen molar-refractivity contribution >= 4 is 56.6 Å². The molecule has 0 aliphatic heterocycles. The number of anilines is 1. The third-order valence-electron chi connectivity index (χ3n) is 4.83. The Labute approximate surface area is 192 Å². The number of nitrogens with zero attached hydrogens (tertiary/aromatic N) is 3. The largest absolute Gasteiger partial charge is 0.305 e.